The van der Waals surface area contributed by atoms with Gasteiger partial charge < -0.3 is 14.2 Å². The fourth-order valence-electron chi connectivity index (χ4n) is 5.21. The summed E-state index contributed by atoms with van der Waals surface area (Å²) in [7, 11) is 1.55. The van der Waals surface area contributed by atoms with Crippen LogP contribution in [0.5, 0.6) is 5.75 Å². The van der Waals surface area contributed by atoms with E-state index in [1.165, 1.54) is 0 Å². The number of nitrogens with zero attached hydrogens (tertiary/aromatic N) is 1. The number of carbonyl (C=O) groups excluding carboxylic acids is 2. The third kappa shape index (κ3) is 5.03. The molecule has 0 radical (unpaired) electrons. The Balaban J connectivity index is 1.66. The van der Waals surface area contributed by atoms with Crippen LogP contribution < -0.4 is 15.8 Å². The molecule has 0 bridgehead atoms. The van der Waals surface area contributed by atoms with Crippen molar-refractivity contribution in [3.05, 3.63) is 90.0 Å². The van der Waals surface area contributed by atoms with Crippen LogP contribution in [0.4, 0.5) is 13.2 Å². The van der Waals surface area contributed by atoms with Gasteiger partial charge in [-0.1, -0.05) is 60.7 Å². The first-order valence-corrected chi connectivity index (χ1v) is 12.7. The highest BCUT2D eigenvalue weighted by Gasteiger charge is 2.63. The normalized spacial score (nSPS) is 24.8. The van der Waals surface area contributed by atoms with Gasteiger partial charge in [0.05, 0.1) is 19.8 Å². The second-order valence-corrected chi connectivity index (χ2v) is 9.69. The summed E-state index contributed by atoms with van der Waals surface area (Å²) in [6, 6.07) is 22.7. The number of hydrogen-bond donors (Lipinski definition) is 2. The number of amides is 1. The monoisotopic (exact) mass is 555 g/mol. The van der Waals surface area contributed by atoms with Crippen molar-refractivity contribution in [2.24, 2.45) is 5.73 Å². The predicted molar refractivity (Wildman–Crippen MR) is 139 cm³/mol. The Kier molecular flexibility index (Phi) is 7.30. The number of nitrogens with one attached hydrogen (secondary N) is 1. The molecule has 0 aromatic heterocycles. The van der Waals surface area contributed by atoms with Crippen LogP contribution in [0.2, 0.25) is 0 Å². The first-order valence-electron chi connectivity index (χ1n) is 12.7. The summed E-state index contributed by atoms with van der Waals surface area (Å²) in [5, 5.41) is 2.82. The Labute approximate surface area is 228 Å². The first kappa shape index (κ1) is 27.6. The van der Waals surface area contributed by atoms with Gasteiger partial charge in [-0.3, -0.25) is 15.4 Å². The molecule has 3 aromatic carbocycles. The number of halogens is 3. The van der Waals surface area contributed by atoms with Crippen LogP contribution in [-0.4, -0.2) is 55.3 Å². The predicted octanol–water partition coefficient (Wildman–Crippen LogP) is 3.89. The lowest BCUT2D eigenvalue weighted by atomic mass is 9.81. The van der Waals surface area contributed by atoms with E-state index in [1.54, 1.807) is 61.7 Å². The fraction of sp³-hybridized carbons (Fsp3) is 0.310. The highest BCUT2D eigenvalue weighted by molar-refractivity contribution is 5.95. The van der Waals surface area contributed by atoms with E-state index in [9.17, 15) is 22.8 Å². The van der Waals surface area contributed by atoms with Gasteiger partial charge in [-0.05, 0) is 53.3 Å². The van der Waals surface area contributed by atoms with E-state index in [2.05, 4.69) is 5.32 Å². The zero-order valence-corrected chi connectivity index (χ0v) is 21.6. The molecule has 40 heavy (non-hydrogen) atoms. The van der Waals surface area contributed by atoms with Crippen LogP contribution in [0, 0.1) is 0 Å². The number of alkyl halides is 3. The molecule has 2 saturated heterocycles. The largest absolute Gasteiger partial charge is 0.497 e. The maximum atomic E-state index is 14.4. The number of nitrogens with two attached hydrogens (primary N) is 1. The Morgan fingerprint density at radius 3 is 2.38 bits per heavy atom. The molecule has 5 rings (SSSR count). The lowest BCUT2D eigenvalue weighted by molar-refractivity contribution is -0.231. The van der Waals surface area contributed by atoms with E-state index in [1.807, 2.05) is 24.3 Å². The fourth-order valence-corrected chi connectivity index (χ4v) is 5.21. The topological polar surface area (TPSA) is 103 Å². The number of rotatable bonds is 7. The Morgan fingerprint density at radius 1 is 1.05 bits per heavy atom. The van der Waals surface area contributed by atoms with Gasteiger partial charge in [0.25, 0.3) is 5.91 Å². The number of hydrogen-bond acceptors (Lipinski definition) is 7. The maximum Gasteiger partial charge on any atom is 0.491 e. The summed E-state index contributed by atoms with van der Waals surface area (Å²) < 4.78 is 55.9. The van der Waals surface area contributed by atoms with Crippen molar-refractivity contribution in [2.75, 3.05) is 20.3 Å². The summed E-state index contributed by atoms with van der Waals surface area (Å²) in [6.45, 7) is 0.254. The van der Waals surface area contributed by atoms with E-state index in [0.717, 1.165) is 10.5 Å². The minimum atomic E-state index is -5.34. The third-order valence-corrected chi connectivity index (χ3v) is 7.13. The molecule has 1 amide bonds. The van der Waals surface area contributed by atoms with E-state index in [0.29, 0.717) is 41.9 Å². The molecule has 0 aliphatic carbocycles. The van der Waals surface area contributed by atoms with Crippen LogP contribution in [0.3, 0.4) is 0 Å². The van der Waals surface area contributed by atoms with Crippen molar-refractivity contribution >= 4 is 11.9 Å². The SMILES string of the molecule is COc1cccc(-c2cccc(C3(c4ccccc4)NC(N)(OC(=O)C(F)(F)F)N(CC4CCCO4)C3=O)c2)c1. The molecule has 0 saturated carbocycles. The van der Waals surface area contributed by atoms with E-state index in [4.69, 9.17) is 19.9 Å². The molecule has 2 aliphatic rings. The van der Waals surface area contributed by atoms with Crippen molar-refractivity contribution in [2.45, 2.75) is 36.6 Å². The van der Waals surface area contributed by atoms with Crippen LogP contribution in [0.1, 0.15) is 24.0 Å². The maximum absolute atomic E-state index is 14.4. The molecule has 2 aliphatic heterocycles. The second-order valence-electron chi connectivity index (χ2n) is 9.69. The van der Waals surface area contributed by atoms with Gasteiger partial charge in [0.2, 0.25) is 0 Å². The van der Waals surface area contributed by atoms with Gasteiger partial charge in [0, 0.05) is 6.61 Å². The molecule has 3 aromatic rings. The van der Waals surface area contributed by atoms with Gasteiger partial charge in [0.15, 0.2) is 5.54 Å². The average Bonchev–Trinajstić information content (AvgIpc) is 3.55. The smallest absolute Gasteiger partial charge is 0.491 e. The van der Waals surface area contributed by atoms with E-state index >= 15 is 0 Å². The molecule has 2 fully saturated rings. The summed E-state index contributed by atoms with van der Waals surface area (Å²) in [5.74, 6) is -5.22. The van der Waals surface area contributed by atoms with Gasteiger partial charge in [0.1, 0.15) is 5.75 Å². The Morgan fingerprint density at radius 2 is 1.73 bits per heavy atom. The lowest BCUT2D eigenvalue weighted by Gasteiger charge is -2.34. The summed E-state index contributed by atoms with van der Waals surface area (Å²) in [5.41, 5.74) is 6.88. The third-order valence-electron chi connectivity index (χ3n) is 7.13. The minimum Gasteiger partial charge on any atom is -0.497 e. The molecule has 3 N–H and O–H groups in total. The van der Waals surface area contributed by atoms with E-state index < -0.39 is 35.7 Å². The van der Waals surface area contributed by atoms with Crippen molar-refractivity contribution in [1.29, 1.82) is 0 Å². The summed E-state index contributed by atoms with van der Waals surface area (Å²) >= 11 is 0. The summed E-state index contributed by atoms with van der Waals surface area (Å²) in [6.07, 6.45) is -4.55. The second kappa shape index (κ2) is 10.6. The van der Waals surface area contributed by atoms with Crippen LogP contribution in [0.15, 0.2) is 78.9 Å². The standard InChI is InChI=1S/C29H28F3N3O5/c1-38-23-13-6-9-20(17-23)19-8-5-12-22(16-19)27(21-10-3-2-4-11-21)25(36)35(18-24-14-7-15-39-24)29(33,34-27)40-26(37)28(30,31)32/h2-6,8-13,16-17,24,34H,7,14-15,18,33H2,1H3. The molecule has 8 nitrogen and oxygen atoms in total. The first-order chi connectivity index (χ1) is 19.1. The minimum absolute atomic E-state index is 0.183. The molecular formula is C29H28F3N3O5. The molecular weight excluding hydrogens is 527 g/mol. The van der Waals surface area contributed by atoms with Crippen LogP contribution in [0.25, 0.3) is 11.1 Å². The number of carbonyl (C=O) groups is 2. The highest BCUT2D eigenvalue weighted by atomic mass is 19.4. The van der Waals surface area contributed by atoms with Gasteiger partial charge in [-0.2, -0.15) is 13.2 Å². The molecule has 2 heterocycles. The van der Waals surface area contributed by atoms with Crippen LogP contribution >= 0.6 is 0 Å². The Hall–Kier alpha value is -3.93. The Bertz CT molecular complexity index is 1400. The van der Waals surface area contributed by atoms with Crippen LogP contribution in [-0.2, 0) is 24.6 Å². The molecule has 11 heteroatoms. The lowest BCUT2D eigenvalue weighted by Crippen LogP contribution is -2.65. The average molecular weight is 556 g/mol. The van der Waals surface area contributed by atoms with Crippen molar-refractivity contribution in [1.82, 2.24) is 10.2 Å². The molecule has 3 atom stereocenters. The number of benzene rings is 3. The van der Waals surface area contributed by atoms with Crippen molar-refractivity contribution in [3.8, 4) is 16.9 Å². The number of methoxy groups -OCH3 is 1. The molecule has 210 valence electrons. The van der Waals surface area contributed by atoms with Gasteiger partial charge >= 0.3 is 18.1 Å². The summed E-state index contributed by atoms with van der Waals surface area (Å²) in [4.78, 5) is 27.4. The van der Waals surface area contributed by atoms with Gasteiger partial charge in [-0.15, -0.1) is 0 Å². The molecule has 0 spiro atoms. The number of esters is 1. The van der Waals surface area contributed by atoms with E-state index in [-0.39, 0.29) is 6.54 Å². The zero-order valence-electron chi connectivity index (χ0n) is 21.6. The quantitative estimate of drug-likeness (QED) is 0.337. The number of ether oxygens (including phenoxy) is 3. The zero-order chi connectivity index (χ0) is 28.5. The highest BCUT2D eigenvalue weighted by Crippen LogP contribution is 2.42. The van der Waals surface area contributed by atoms with Crippen molar-refractivity contribution < 1.29 is 37.0 Å². The van der Waals surface area contributed by atoms with Crippen molar-refractivity contribution in [3.63, 3.8) is 0 Å². The molecule has 3 unspecified atom stereocenters. The van der Waals surface area contributed by atoms with Gasteiger partial charge in [-0.25, -0.2) is 10.1 Å².